The number of benzene rings is 2. The highest BCUT2D eigenvalue weighted by molar-refractivity contribution is 5.93. The van der Waals surface area contributed by atoms with Crippen LogP contribution >= 0.6 is 0 Å². The molecule has 3 aliphatic rings. The number of carbonyl (C=O) groups excluding carboxylic acids is 1. The van der Waals surface area contributed by atoms with Crippen molar-refractivity contribution in [1.82, 2.24) is 0 Å². The lowest BCUT2D eigenvalue weighted by Gasteiger charge is -2.39. The highest BCUT2D eigenvalue weighted by Crippen LogP contribution is 2.62. The van der Waals surface area contributed by atoms with Gasteiger partial charge in [0.1, 0.15) is 17.9 Å². The van der Waals surface area contributed by atoms with Gasteiger partial charge in [-0.25, -0.2) is 4.79 Å². The molecular formula is C25H19NO4. The molecule has 4 atom stereocenters. The van der Waals surface area contributed by atoms with Gasteiger partial charge in [0.15, 0.2) is 11.2 Å². The number of methoxy groups -OCH3 is 1. The fourth-order valence-corrected chi connectivity index (χ4v) is 4.28. The minimum Gasteiger partial charge on any atom is -0.410 e. The molecule has 1 aliphatic carbocycles. The summed E-state index contributed by atoms with van der Waals surface area (Å²) in [6, 6.07) is 16.1. The standard InChI is InChI=1S/C25H19NO4/c1-24(28-2)17-11-4-3-8-16-21-22-25(24,30-22)19-14-9-10-15-20(19)26(21)23(27)29-18-12-6-5-7-13-18/h3-7,9-10,12-15,21-22H,1-2H3/b4-3-/t21-,22-,24+,25+/m0/s1. The third-order valence-electron chi connectivity index (χ3n) is 5.84. The lowest BCUT2D eigenvalue weighted by atomic mass is 9.75. The van der Waals surface area contributed by atoms with Crippen LogP contribution in [0.2, 0.25) is 0 Å². The predicted molar refractivity (Wildman–Crippen MR) is 112 cm³/mol. The van der Waals surface area contributed by atoms with Crippen molar-refractivity contribution in [3.63, 3.8) is 0 Å². The first kappa shape index (κ1) is 18.5. The molecule has 30 heavy (non-hydrogen) atoms. The third kappa shape index (κ3) is 2.57. The monoisotopic (exact) mass is 397 g/mol. The van der Waals surface area contributed by atoms with E-state index in [1.54, 1.807) is 36.3 Å². The van der Waals surface area contributed by atoms with Crippen molar-refractivity contribution in [3.8, 4) is 29.4 Å². The van der Waals surface area contributed by atoms with Crippen LogP contribution in [0.1, 0.15) is 12.5 Å². The quantitative estimate of drug-likeness (QED) is 0.573. The number of anilines is 1. The fraction of sp³-hybridized carbons (Fsp3) is 0.240. The van der Waals surface area contributed by atoms with Crippen molar-refractivity contribution < 1.29 is 19.0 Å². The van der Waals surface area contributed by atoms with E-state index in [0.29, 0.717) is 11.4 Å². The Kier molecular flexibility index (Phi) is 4.18. The van der Waals surface area contributed by atoms with Gasteiger partial charge in [0.25, 0.3) is 0 Å². The summed E-state index contributed by atoms with van der Waals surface area (Å²) in [5.74, 6) is 12.8. The van der Waals surface area contributed by atoms with Crippen molar-refractivity contribution in [2.24, 2.45) is 0 Å². The Hall–Kier alpha value is -3.51. The second-order valence-corrected chi connectivity index (χ2v) is 7.42. The summed E-state index contributed by atoms with van der Waals surface area (Å²) < 4.78 is 17.9. The molecule has 2 heterocycles. The second kappa shape index (κ2) is 6.78. The molecule has 0 unspecified atom stereocenters. The van der Waals surface area contributed by atoms with E-state index in [4.69, 9.17) is 14.2 Å². The number of allylic oxidation sites excluding steroid dienone is 2. The molecule has 1 fully saturated rings. The van der Waals surface area contributed by atoms with E-state index in [1.807, 2.05) is 49.4 Å². The van der Waals surface area contributed by atoms with Crippen molar-refractivity contribution in [1.29, 1.82) is 0 Å². The average Bonchev–Trinajstić information content (AvgIpc) is 3.54. The Morgan fingerprint density at radius 3 is 2.60 bits per heavy atom. The van der Waals surface area contributed by atoms with Crippen LogP contribution in [0.5, 0.6) is 5.75 Å². The number of fused-ring (bicyclic) bond motifs is 1. The first-order chi connectivity index (χ1) is 14.6. The van der Waals surface area contributed by atoms with Crippen LogP contribution in [0.3, 0.4) is 0 Å². The van der Waals surface area contributed by atoms with Crippen LogP contribution in [0.15, 0.2) is 66.7 Å². The number of amides is 1. The molecule has 0 spiro atoms. The minimum atomic E-state index is -0.912. The normalized spacial score (nSPS) is 30.9. The van der Waals surface area contributed by atoms with Gasteiger partial charge in [0, 0.05) is 12.7 Å². The Morgan fingerprint density at radius 2 is 1.80 bits per heavy atom. The van der Waals surface area contributed by atoms with Crippen LogP contribution in [0, 0.1) is 23.7 Å². The van der Waals surface area contributed by atoms with Crippen LogP contribution in [0.4, 0.5) is 10.5 Å². The number of carbonyl (C=O) groups is 1. The SMILES string of the molecule is CO[C@]1(C)C#C/C=C\C#C[C@H]2[C@@H]3O[C@]31c1ccccc1N2C(=O)Oc1ccccc1. The van der Waals surface area contributed by atoms with Gasteiger partial charge < -0.3 is 14.2 Å². The molecule has 2 aromatic carbocycles. The first-order valence-corrected chi connectivity index (χ1v) is 9.68. The summed E-state index contributed by atoms with van der Waals surface area (Å²) >= 11 is 0. The van der Waals surface area contributed by atoms with Gasteiger partial charge in [-0.1, -0.05) is 60.1 Å². The van der Waals surface area contributed by atoms with Gasteiger partial charge in [0.05, 0.1) is 5.69 Å². The lowest BCUT2D eigenvalue weighted by molar-refractivity contribution is -0.0156. The zero-order valence-corrected chi connectivity index (χ0v) is 16.6. The van der Waals surface area contributed by atoms with Crippen molar-refractivity contribution >= 4 is 11.8 Å². The maximum atomic E-state index is 13.3. The van der Waals surface area contributed by atoms with Crippen molar-refractivity contribution in [3.05, 3.63) is 72.3 Å². The minimum absolute atomic E-state index is 0.394. The summed E-state index contributed by atoms with van der Waals surface area (Å²) in [5.41, 5.74) is -0.216. The zero-order valence-electron chi connectivity index (χ0n) is 16.6. The van der Waals surface area contributed by atoms with Crippen LogP contribution in [0.25, 0.3) is 0 Å². The first-order valence-electron chi connectivity index (χ1n) is 9.68. The summed E-state index contributed by atoms with van der Waals surface area (Å²) in [6.45, 7) is 1.91. The highest BCUT2D eigenvalue weighted by Gasteiger charge is 2.75. The molecule has 1 saturated heterocycles. The van der Waals surface area contributed by atoms with E-state index < -0.39 is 29.4 Å². The molecule has 2 aliphatic heterocycles. The van der Waals surface area contributed by atoms with Crippen LogP contribution in [-0.2, 0) is 15.1 Å². The van der Waals surface area contributed by atoms with E-state index in [9.17, 15) is 4.79 Å². The zero-order chi connectivity index (χ0) is 20.8. The number of epoxide rings is 1. The van der Waals surface area contributed by atoms with E-state index in [0.717, 1.165) is 5.56 Å². The molecule has 0 saturated carbocycles. The number of hydrogen-bond donors (Lipinski definition) is 0. The summed E-state index contributed by atoms with van der Waals surface area (Å²) in [6.07, 6.45) is 2.44. The summed E-state index contributed by atoms with van der Waals surface area (Å²) in [4.78, 5) is 14.9. The Bertz CT molecular complexity index is 1170. The number of para-hydroxylation sites is 2. The molecule has 5 heteroatoms. The largest absolute Gasteiger partial charge is 0.420 e. The molecule has 0 radical (unpaired) electrons. The van der Waals surface area contributed by atoms with Gasteiger partial charge in [-0.3, -0.25) is 4.90 Å². The van der Waals surface area contributed by atoms with Gasteiger partial charge >= 0.3 is 6.09 Å². The smallest absolute Gasteiger partial charge is 0.410 e. The highest BCUT2D eigenvalue weighted by atomic mass is 16.6. The van der Waals surface area contributed by atoms with Crippen LogP contribution in [-0.4, -0.2) is 30.9 Å². The van der Waals surface area contributed by atoms with Crippen LogP contribution < -0.4 is 9.64 Å². The predicted octanol–water partition coefficient (Wildman–Crippen LogP) is 3.65. The molecule has 5 rings (SSSR count). The Balaban J connectivity index is 1.67. The number of nitrogens with zero attached hydrogens (tertiary/aromatic N) is 1. The van der Waals surface area contributed by atoms with E-state index in [-0.39, 0.29) is 0 Å². The van der Waals surface area contributed by atoms with E-state index >= 15 is 0 Å². The Morgan fingerprint density at radius 1 is 1.07 bits per heavy atom. The van der Waals surface area contributed by atoms with E-state index in [2.05, 4.69) is 23.7 Å². The lowest BCUT2D eigenvalue weighted by Crippen LogP contribution is -2.55. The number of hydrogen-bond acceptors (Lipinski definition) is 4. The van der Waals surface area contributed by atoms with Gasteiger partial charge in [-0.2, -0.15) is 0 Å². The molecule has 1 amide bonds. The third-order valence-corrected chi connectivity index (χ3v) is 5.84. The molecule has 148 valence electrons. The average molecular weight is 397 g/mol. The number of ether oxygens (including phenoxy) is 3. The second-order valence-electron chi connectivity index (χ2n) is 7.42. The van der Waals surface area contributed by atoms with Crippen molar-refractivity contribution in [2.75, 3.05) is 12.0 Å². The topological polar surface area (TPSA) is 51.3 Å². The molecule has 0 aromatic heterocycles. The molecule has 5 nitrogen and oxygen atoms in total. The maximum Gasteiger partial charge on any atom is 0.420 e. The molecular weight excluding hydrogens is 378 g/mol. The number of rotatable bonds is 2. The van der Waals surface area contributed by atoms with Gasteiger partial charge in [-0.05, 0) is 37.3 Å². The fourth-order valence-electron chi connectivity index (χ4n) is 4.28. The maximum absolute atomic E-state index is 13.3. The molecule has 2 bridgehead atoms. The summed E-state index contributed by atoms with van der Waals surface area (Å²) in [5, 5.41) is 0. The van der Waals surface area contributed by atoms with E-state index in [1.165, 1.54) is 0 Å². The van der Waals surface area contributed by atoms with Gasteiger partial charge in [-0.15, -0.1) is 0 Å². The van der Waals surface area contributed by atoms with Crippen molar-refractivity contribution in [2.45, 2.75) is 30.3 Å². The van der Waals surface area contributed by atoms with Gasteiger partial charge in [0.2, 0.25) is 0 Å². The molecule has 0 N–H and O–H groups in total. The summed E-state index contributed by atoms with van der Waals surface area (Å²) in [7, 11) is 1.62. The molecule has 2 aromatic rings. The Labute approximate surface area is 175 Å².